The van der Waals surface area contributed by atoms with Crippen molar-refractivity contribution in [3.8, 4) is 6.07 Å². The summed E-state index contributed by atoms with van der Waals surface area (Å²) in [5, 5.41) is 8.93. The fraction of sp³-hybridized carbons (Fsp3) is 0.467. The van der Waals surface area contributed by atoms with Crippen molar-refractivity contribution < 1.29 is 4.79 Å². The predicted molar refractivity (Wildman–Crippen MR) is 79.7 cm³/mol. The van der Waals surface area contributed by atoms with Gasteiger partial charge in [0.2, 0.25) is 0 Å². The molecule has 0 aliphatic heterocycles. The minimum atomic E-state index is 0.0508. The van der Waals surface area contributed by atoms with Gasteiger partial charge in [-0.15, -0.1) is 11.8 Å². The Hall–Kier alpha value is -1.31. The van der Waals surface area contributed by atoms with Gasteiger partial charge >= 0.3 is 0 Å². The quantitative estimate of drug-likeness (QED) is 0.566. The molecular formula is C15H20N2OS. The first-order chi connectivity index (χ1) is 9.12. The number of rotatable bonds is 7. The fourth-order valence-electron chi connectivity index (χ4n) is 1.83. The maximum atomic E-state index is 11.6. The Morgan fingerprint density at radius 1 is 1.37 bits per heavy atom. The molecule has 0 aliphatic carbocycles. The molecule has 0 saturated carbocycles. The van der Waals surface area contributed by atoms with Gasteiger partial charge < -0.3 is 4.90 Å². The van der Waals surface area contributed by atoms with E-state index in [0.717, 1.165) is 30.3 Å². The van der Waals surface area contributed by atoms with Crippen molar-refractivity contribution in [1.82, 2.24) is 4.90 Å². The van der Waals surface area contributed by atoms with E-state index in [1.807, 2.05) is 6.07 Å². The zero-order valence-corrected chi connectivity index (χ0v) is 12.6. The van der Waals surface area contributed by atoms with Crippen molar-refractivity contribution in [2.24, 2.45) is 0 Å². The number of hydrogen-bond donors (Lipinski definition) is 0. The molecule has 1 aromatic carbocycles. The molecule has 4 heteroatoms. The fourth-order valence-corrected chi connectivity index (χ4v) is 2.97. The van der Waals surface area contributed by atoms with Crippen LogP contribution in [0.25, 0.3) is 0 Å². The predicted octanol–water partition coefficient (Wildman–Crippen LogP) is 3.19. The Morgan fingerprint density at radius 3 is 2.58 bits per heavy atom. The third-order valence-electron chi connectivity index (χ3n) is 3.05. The van der Waals surface area contributed by atoms with Gasteiger partial charge in [0.15, 0.2) is 5.78 Å². The zero-order chi connectivity index (χ0) is 14.3. The molecule has 0 radical (unpaired) electrons. The van der Waals surface area contributed by atoms with Crippen LogP contribution in [0.2, 0.25) is 0 Å². The second kappa shape index (κ2) is 7.98. The van der Waals surface area contributed by atoms with Gasteiger partial charge in [-0.25, -0.2) is 0 Å². The van der Waals surface area contributed by atoms with Crippen molar-refractivity contribution in [1.29, 1.82) is 5.26 Å². The van der Waals surface area contributed by atoms with Gasteiger partial charge in [0.1, 0.15) is 0 Å². The number of benzene rings is 1. The minimum absolute atomic E-state index is 0.0508. The topological polar surface area (TPSA) is 44.1 Å². The third-order valence-corrected chi connectivity index (χ3v) is 4.08. The summed E-state index contributed by atoms with van der Waals surface area (Å²) < 4.78 is 0. The van der Waals surface area contributed by atoms with Crippen molar-refractivity contribution in [2.75, 3.05) is 25.4 Å². The Bertz CT molecular complexity index is 476. The van der Waals surface area contributed by atoms with Crippen LogP contribution in [0.5, 0.6) is 0 Å². The van der Waals surface area contributed by atoms with Crippen LogP contribution in [0.3, 0.4) is 0 Å². The van der Waals surface area contributed by atoms with E-state index >= 15 is 0 Å². The summed E-state index contributed by atoms with van der Waals surface area (Å²) >= 11 is 1.65. The first-order valence-electron chi connectivity index (χ1n) is 6.52. The van der Waals surface area contributed by atoms with Crippen LogP contribution >= 0.6 is 11.8 Å². The first-order valence-corrected chi connectivity index (χ1v) is 7.51. The van der Waals surface area contributed by atoms with Crippen LogP contribution < -0.4 is 0 Å². The molecule has 19 heavy (non-hydrogen) atoms. The molecule has 0 aliphatic rings. The first kappa shape index (κ1) is 15.7. The maximum Gasteiger partial charge on any atom is 0.160 e. The van der Waals surface area contributed by atoms with Crippen LogP contribution in [-0.2, 0) is 0 Å². The Morgan fingerprint density at radius 2 is 2.05 bits per heavy atom. The normalized spacial score (nSPS) is 10.5. The molecule has 102 valence electrons. The van der Waals surface area contributed by atoms with E-state index < -0.39 is 0 Å². The van der Waals surface area contributed by atoms with Crippen LogP contribution in [0.4, 0.5) is 0 Å². The molecule has 0 fully saturated rings. The van der Waals surface area contributed by atoms with Gasteiger partial charge in [-0.1, -0.05) is 13.8 Å². The lowest BCUT2D eigenvalue weighted by Crippen LogP contribution is -2.25. The smallest absolute Gasteiger partial charge is 0.160 e. The van der Waals surface area contributed by atoms with E-state index in [0.29, 0.717) is 11.1 Å². The number of hydrogen-bond acceptors (Lipinski definition) is 4. The van der Waals surface area contributed by atoms with Gasteiger partial charge in [0.05, 0.1) is 11.6 Å². The highest BCUT2D eigenvalue weighted by molar-refractivity contribution is 7.99. The molecule has 0 amide bonds. The highest BCUT2D eigenvalue weighted by Gasteiger charge is 2.09. The molecule has 0 spiro atoms. The molecule has 1 rings (SSSR count). The highest BCUT2D eigenvalue weighted by atomic mass is 32.2. The Kier molecular flexibility index (Phi) is 6.61. The van der Waals surface area contributed by atoms with E-state index in [4.69, 9.17) is 5.26 Å². The molecule has 0 unspecified atom stereocenters. The van der Waals surface area contributed by atoms with Crippen molar-refractivity contribution in [3.63, 3.8) is 0 Å². The van der Waals surface area contributed by atoms with Crippen molar-refractivity contribution in [3.05, 3.63) is 29.3 Å². The summed E-state index contributed by atoms with van der Waals surface area (Å²) in [6.45, 7) is 8.92. The summed E-state index contributed by atoms with van der Waals surface area (Å²) in [6, 6.07) is 7.38. The number of Topliss-reactive ketones (excluding diaryl/α,β-unsaturated/α-hetero) is 1. The largest absolute Gasteiger partial charge is 0.303 e. The minimum Gasteiger partial charge on any atom is -0.303 e. The molecule has 3 nitrogen and oxygen atoms in total. The molecular weight excluding hydrogens is 256 g/mol. The molecule has 1 aromatic rings. The average molecular weight is 276 g/mol. The van der Waals surface area contributed by atoms with Gasteiger partial charge in [-0.3, -0.25) is 4.79 Å². The van der Waals surface area contributed by atoms with Crippen LogP contribution in [0.1, 0.15) is 36.7 Å². The number of carbonyl (C=O) groups excluding carboxylic acids is 1. The molecule has 0 atom stereocenters. The molecule has 0 aromatic heterocycles. The van der Waals surface area contributed by atoms with E-state index in [2.05, 4.69) is 24.8 Å². The number of nitriles is 1. The maximum absolute atomic E-state index is 11.6. The summed E-state index contributed by atoms with van der Waals surface area (Å²) in [7, 11) is 0. The van der Waals surface area contributed by atoms with Gasteiger partial charge in [-0.2, -0.15) is 5.26 Å². The number of ketones is 1. The van der Waals surface area contributed by atoms with Crippen LogP contribution in [-0.4, -0.2) is 36.1 Å². The standard InChI is InChI=1S/C15H20N2OS/c1-4-17(5-2)8-9-19-15-10-13(11-16)6-7-14(15)12(3)18/h6-7,10H,4-5,8-9H2,1-3H3. The molecule has 0 heterocycles. The van der Waals surface area contributed by atoms with E-state index in [-0.39, 0.29) is 5.78 Å². The van der Waals surface area contributed by atoms with Gasteiger partial charge in [-0.05, 0) is 38.2 Å². The molecule has 0 saturated heterocycles. The second-order valence-corrected chi connectivity index (χ2v) is 5.39. The summed E-state index contributed by atoms with van der Waals surface area (Å²) in [6.07, 6.45) is 0. The second-order valence-electron chi connectivity index (χ2n) is 4.25. The summed E-state index contributed by atoms with van der Waals surface area (Å²) in [4.78, 5) is 14.8. The monoisotopic (exact) mass is 276 g/mol. The number of nitrogens with zero attached hydrogens (tertiary/aromatic N) is 2. The SMILES string of the molecule is CCN(CC)CCSc1cc(C#N)ccc1C(C)=O. The Balaban J connectivity index is 2.75. The highest BCUT2D eigenvalue weighted by Crippen LogP contribution is 2.24. The lowest BCUT2D eigenvalue weighted by Gasteiger charge is -2.17. The Labute approximate surface area is 119 Å². The number of carbonyl (C=O) groups is 1. The zero-order valence-electron chi connectivity index (χ0n) is 11.8. The van der Waals surface area contributed by atoms with Gasteiger partial charge in [0, 0.05) is 22.8 Å². The molecule has 0 N–H and O–H groups in total. The van der Waals surface area contributed by atoms with E-state index in [1.54, 1.807) is 30.8 Å². The average Bonchev–Trinajstić information content (AvgIpc) is 2.43. The summed E-state index contributed by atoms with van der Waals surface area (Å²) in [5.74, 6) is 0.978. The lowest BCUT2D eigenvalue weighted by atomic mass is 10.1. The lowest BCUT2D eigenvalue weighted by molar-refractivity contribution is 0.101. The van der Waals surface area contributed by atoms with Crippen molar-refractivity contribution in [2.45, 2.75) is 25.7 Å². The van der Waals surface area contributed by atoms with Crippen LogP contribution in [0.15, 0.2) is 23.1 Å². The molecule has 0 bridgehead atoms. The van der Waals surface area contributed by atoms with Crippen molar-refractivity contribution >= 4 is 17.5 Å². The number of thioether (sulfide) groups is 1. The summed E-state index contributed by atoms with van der Waals surface area (Å²) in [5.41, 5.74) is 1.32. The van der Waals surface area contributed by atoms with Crippen LogP contribution in [0, 0.1) is 11.3 Å². The van der Waals surface area contributed by atoms with E-state index in [1.165, 1.54) is 0 Å². The third kappa shape index (κ3) is 4.70. The van der Waals surface area contributed by atoms with Gasteiger partial charge in [0.25, 0.3) is 0 Å². The van der Waals surface area contributed by atoms with E-state index in [9.17, 15) is 4.79 Å².